The lowest BCUT2D eigenvalue weighted by Gasteiger charge is -2.21. The number of rotatable bonds is 6. The molecule has 7 heteroatoms. The Morgan fingerprint density at radius 2 is 1.80 bits per heavy atom. The molecule has 20 heavy (non-hydrogen) atoms. The topological polar surface area (TPSA) is 93.7 Å². The molecule has 2 N–H and O–H groups in total. The largest absolute Gasteiger partial charge is 0.467 e. The molecule has 116 valence electrons. The molecule has 0 fully saturated rings. The van der Waals surface area contributed by atoms with Crippen molar-refractivity contribution in [2.45, 2.75) is 52.2 Å². The number of hydrogen-bond acceptors (Lipinski definition) is 5. The molecule has 2 amide bonds. The minimum Gasteiger partial charge on any atom is -0.467 e. The normalized spacial score (nSPS) is 12.2. The molecule has 0 radical (unpaired) electrons. The molecular formula is C13H24N2O5. The van der Waals surface area contributed by atoms with Gasteiger partial charge in [0.2, 0.25) is 0 Å². The van der Waals surface area contributed by atoms with E-state index >= 15 is 0 Å². The van der Waals surface area contributed by atoms with Crippen LogP contribution < -0.4 is 10.6 Å². The van der Waals surface area contributed by atoms with Gasteiger partial charge in [-0.1, -0.05) is 0 Å². The van der Waals surface area contributed by atoms with Gasteiger partial charge in [-0.05, 0) is 34.1 Å². The van der Waals surface area contributed by atoms with Crippen LogP contribution in [0.25, 0.3) is 0 Å². The molecule has 0 saturated carbocycles. The maximum Gasteiger partial charge on any atom is 0.328 e. The Hall–Kier alpha value is -1.79. The van der Waals surface area contributed by atoms with Crippen LogP contribution in [-0.4, -0.2) is 43.3 Å². The summed E-state index contributed by atoms with van der Waals surface area (Å²) >= 11 is 0. The summed E-state index contributed by atoms with van der Waals surface area (Å²) < 4.78 is 9.73. The number of carbonyl (C=O) groups is 3. The van der Waals surface area contributed by atoms with Crippen LogP contribution in [0.5, 0.6) is 0 Å². The number of amides is 2. The molecule has 0 heterocycles. The van der Waals surface area contributed by atoms with Crippen LogP contribution >= 0.6 is 0 Å². The van der Waals surface area contributed by atoms with Gasteiger partial charge in [-0.2, -0.15) is 0 Å². The SMILES string of the molecule is CCNC(=O)NC(CCC(=O)OC(C)(C)C)C(=O)OC. The van der Waals surface area contributed by atoms with E-state index in [0.29, 0.717) is 6.54 Å². The molecule has 1 unspecified atom stereocenters. The van der Waals surface area contributed by atoms with Crippen molar-refractivity contribution in [2.24, 2.45) is 0 Å². The smallest absolute Gasteiger partial charge is 0.328 e. The summed E-state index contributed by atoms with van der Waals surface area (Å²) in [5, 5.41) is 4.96. The van der Waals surface area contributed by atoms with Crippen molar-refractivity contribution in [2.75, 3.05) is 13.7 Å². The Balaban J connectivity index is 4.41. The Kier molecular flexibility index (Phi) is 7.64. The first-order valence-electron chi connectivity index (χ1n) is 6.53. The molecule has 0 aliphatic carbocycles. The highest BCUT2D eigenvalue weighted by Crippen LogP contribution is 2.10. The minimum atomic E-state index is -0.876. The van der Waals surface area contributed by atoms with Crippen LogP contribution in [-0.2, 0) is 19.1 Å². The summed E-state index contributed by atoms with van der Waals surface area (Å²) in [6, 6.07) is -1.36. The first kappa shape index (κ1) is 18.2. The second-order valence-corrected chi connectivity index (χ2v) is 5.20. The zero-order valence-corrected chi connectivity index (χ0v) is 12.7. The van der Waals surface area contributed by atoms with Gasteiger partial charge in [-0.15, -0.1) is 0 Å². The third-order valence-electron chi connectivity index (χ3n) is 2.19. The Labute approximate surface area is 119 Å². The molecule has 0 aromatic heterocycles. The highest BCUT2D eigenvalue weighted by Gasteiger charge is 2.24. The predicted molar refractivity (Wildman–Crippen MR) is 73.1 cm³/mol. The first-order valence-corrected chi connectivity index (χ1v) is 6.53. The lowest BCUT2D eigenvalue weighted by molar-refractivity contribution is -0.155. The van der Waals surface area contributed by atoms with E-state index in [-0.39, 0.29) is 12.8 Å². The van der Waals surface area contributed by atoms with Crippen LogP contribution in [0, 0.1) is 0 Å². The van der Waals surface area contributed by atoms with Crippen molar-refractivity contribution in [1.82, 2.24) is 10.6 Å². The fraction of sp³-hybridized carbons (Fsp3) is 0.769. The van der Waals surface area contributed by atoms with E-state index in [1.54, 1.807) is 27.7 Å². The first-order chi connectivity index (χ1) is 9.19. The second kappa shape index (κ2) is 8.39. The van der Waals surface area contributed by atoms with Gasteiger partial charge in [0.05, 0.1) is 7.11 Å². The van der Waals surface area contributed by atoms with Gasteiger partial charge < -0.3 is 20.1 Å². The van der Waals surface area contributed by atoms with Crippen LogP contribution in [0.2, 0.25) is 0 Å². The summed E-state index contributed by atoms with van der Waals surface area (Å²) in [5.74, 6) is -1.02. The Morgan fingerprint density at radius 3 is 2.25 bits per heavy atom. The molecule has 0 saturated heterocycles. The number of nitrogens with one attached hydrogen (secondary N) is 2. The molecule has 0 aliphatic rings. The number of carbonyl (C=O) groups excluding carboxylic acids is 3. The standard InChI is InChI=1S/C13H24N2O5/c1-6-14-12(18)15-9(11(17)19-5)7-8-10(16)20-13(2,3)4/h9H,6-8H2,1-5H3,(H2,14,15,18). The van der Waals surface area contributed by atoms with E-state index in [9.17, 15) is 14.4 Å². The molecular weight excluding hydrogens is 264 g/mol. The van der Waals surface area contributed by atoms with E-state index in [1.165, 1.54) is 7.11 Å². The van der Waals surface area contributed by atoms with Crippen molar-refractivity contribution in [3.63, 3.8) is 0 Å². The fourth-order valence-electron chi connectivity index (χ4n) is 1.42. The Morgan fingerprint density at radius 1 is 1.20 bits per heavy atom. The lowest BCUT2D eigenvalue weighted by atomic mass is 10.1. The molecule has 0 aromatic rings. The van der Waals surface area contributed by atoms with Crippen molar-refractivity contribution in [1.29, 1.82) is 0 Å². The van der Waals surface area contributed by atoms with Gasteiger partial charge in [0, 0.05) is 13.0 Å². The monoisotopic (exact) mass is 288 g/mol. The quantitative estimate of drug-likeness (QED) is 0.710. The van der Waals surface area contributed by atoms with Crippen LogP contribution in [0.15, 0.2) is 0 Å². The molecule has 0 rings (SSSR count). The maximum atomic E-state index is 11.6. The van der Waals surface area contributed by atoms with Gasteiger partial charge >= 0.3 is 18.0 Å². The van der Waals surface area contributed by atoms with Crippen molar-refractivity contribution >= 4 is 18.0 Å². The molecule has 0 bridgehead atoms. The van der Waals surface area contributed by atoms with Crippen LogP contribution in [0.4, 0.5) is 4.79 Å². The van der Waals surface area contributed by atoms with Gasteiger partial charge in [-0.3, -0.25) is 4.79 Å². The highest BCUT2D eigenvalue weighted by atomic mass is 16.6. The van der Waals surface area contributed by atoms with E-state index < -0.39 is 29.6 Å². The van der Waals surface area contributed by atoms with E-state index in [0.717, 1.165) is 0 Å². The van der Waals surface area contributed by atoms with Crippen LogP contribution in [0.3, 0.4) is 0 Å². The van der Waals surface area contributed by atoms with Gasteiger partial charge in [0.1, 0.15) is 11.6 Å². The molecule has 7 nitrogen and oxygen atoms in total. The summed E-state index contributed by atoms with van der Waals surface area (Å²) in [6.45, 7) is 7.47. The summed E-state index contributed by atoms with van der Waals surface area (Å²) in [6.07, 6.45) is 0.141. The maximum absolute atomic E-state index is 11.6. The molecule has 1 atom stereocenters. The van der Waals surface area contributed by atoms with Crippen molar-refractivity contribution < 1.29 is 23.9 Å². The van der Waals surface area contributed by atoms with Gasteiger partial charge in [0.15, 0.2) is 0 Å². The highest BCUT2D eigenvalue weighted by molar-refractivity contribution is 5.84. The number of ether oxygens (including phenoxy) is 2. The predicted octanol–water partition coefficient (Wildman–Crippen LogP) is 0.969. The summed E-state index contributed by atoms with van der Waals surface area (Å²) in [4.78, 5) is 34.5. The molecule has 0 spiro atoms. The van der Waals surface area contributed by atoms with Crippen molar-refractivity contribution in [3.05, 3.63) is 0 Å². The van der Waals surface area contributed by atoms with Crippen LogP contribution in [0.1, 0.15) is 40.5 Å². The average molecular weight is 288 g/mol. The number of hydrogen-bond donors (Lipinski definition) is 2. The fourth-order valence-corrected chi connectivity index (χ4v) is 1.42. The zero-order valence-electron chi connectivity index (χ0n) is 12.7. The van der Waals surface area contributed by atoms with E-state index in [2.05, 4.69) is 15.4 Å². The van der Waals surface area contributed by atoms with Crippen molar-refractivity contribution in [3.8, 4) is 0 Å². The van der Waals surface area contributed by atoms with Gasteiger partial charge in [-0.25, -0.2) is 9.59 Å². The van der Waals surface area contributed by atoms with Gasteiger partial charge in [0.25, 0.3) is 0 Å². The van der Waals surface area contributed by atoms with E-state index in [1.807, 2.05) is 0 Å². The number of urea groups is 1. The summed E-state index contributed by atoms with van der Waals surface area (Å²) in [5.41, 5.74) is -0.579. The number of methoxy groups -OCH3 is 1. The zero-order chi connectivity index (χ0) is 15.8. The molecule has 0 aromatic carbocycles. The molecule has 0 aliphatic heterocycles. The third kappa shape index (κ3) is 8.34. The average Bonchev–Trinajstić information content (AvgIpc) is 2.31. The lowest BCUT2D eigenvalue weighted by Crippen LogP contribution is -2.46. The summed E-state index contributed by atoms with van der Waals surface area (Å²) in [7, 11) is 1.22. The van der Waals surface area contributed by atoms with E-state index in [4.69, 9.17) is 4.74 Å². The minimum absolute atomic E-state index is 0.0173. The number of esters is 2. The third-order valence-corrected chi connectivity index (χ3v) is 2.19. The second-order valence-electron chi connectivity index (χ2n) is 5.20. The Bertz CT molecular complexity index is 349.